The largest absolute Gasteiger partial charge is 0.477 e. The Labute approximate surface area is 127 Å². The van der Waals surface area contributed by atoms with Crippen LogP contribution in [0.1, 0.15) is 16.1 Å². The van der Waals surface area contributed by atoms with Gasteiger partial charge in [-0.3, -0.25) is 4.98 Å². The van der Waals surface area contributed by atoms with E-state index < -0.39 is 5.97 Å². The zero-order valence-electron chi connectivity index (χ0n) is 12.2. The van der Waals surface area contributed by atoms with Crippen LogP contribution in [0.5, 0.6) is 0 Å². The minimum absolute atomic E-state index is 0.148. The number of carboxylic acid groups (broad SMARTS) is 1. The van der Waals surface area contributed by atoms with Gasteiger partial charge in [-0.15, -0.1) is 0 Å². The van der Waals surface area contributed by atoms with Gasteiger partial charge in [0.2, 0.25) is 0 Å². The molecule has 1 fully saturated rings. The summed E-state index contributed by atoms with van der Waals surface area (Å²) in [5.41, 5.74) is 1.36. The first-order valence-corrected chi connectivity index (χ1v) is 7.02. The maximum atomic E-state index is 11.6. The summed E-state index contributed by atoms with van der Waals surface area (Å²) in [4.78, 5) is 26.4. The molecule has 0 amide bonds. The summed E-state index contributed by atoms with van der Waals surface area (Å²) in [6, 6.07) is 3.65. The van der Waals surface area contributed by atoms with Crippen molar-refractivity contribution in [3.05, 3.63) is 35.8 Å². The monoisotopic (exact) mass is 300 g/mol. The van der Waals surface area contributed by atoms with Crippen LogP contribution in [-0.4, -0.2) is 52.3 Å². The van der Waals surface area contributed by atoms with E-state index in [1.165, 1.54) is 0 Å². The molecule has 22 heavy (non-hydrogen) atoms. The highest BCUT2D eigenvalue weighted by molar-refractivity contribution is 5.95. The van der Waals surface area contributed by atoms with Gasteiger partial charge in [0.05, 0.1) is 18.9 Å². The molecule has 0 spiro atoms. The van der Waals surface area contributed by atoms with Crippen LogP contribution in [0.2, 0.25) is 0 Å². The summed E-state index contributed by atoms with van der Waals surface area (Å²) < 4.78 is 5.32. The topological polar surface area (TPSA) is 88.4 Å². The lowest BCUT2D eigenvalue weighted by molar-refractivity contribution is 0.0694. The van der Waals surface area contributed by atoms with Gasteiger partial charge in [0.25, 0.3) is 0 Å². The van der Waals surface area contributed by atoms with Crippen LogP contribution in [0, 0.1) is 6.92 Å². The number of morpholine rings is 1. The fraction of sp³-hybridized carbons (Fsp3) is 0.333. The number of pyridine rings is 1. The summed E-state index contributed by atoms with van der Waals surface area (Å²) in [5.74, 6) is -0.0871. The Kier molecular flexibility index (Phi) is 3.97. The molecule has 114 valence electrons. The van der Waals surface area contributed by atoms with E-state index in [-0.39, 0.29) is 5.56 Å². The highest BCUT2D eigenvalue weighted by Gasteiger charge is 2.24. The fourth-order valence-corrected chi connectivity index (χ4v) is 2.44. The van der Waals surface area contributed by atoms with E-state index in [1.807, 2.05) is 11.0 Å². The van der Waals surface area contributed by atoms with Crippen molar-refractivity contribution >= 4 is 11.8 Å². The second-order valence-corrected chi connectivity index (χ2v) is 4.98. The van der Waals surface area contributed by atoms with E-state index in [0.29, 0.717) is 43.6 Å². The predicted molar refractivity (Wildman–Crippen MR) is 80.0 cm³/mol. The average molecular weight is 300 g/mol. The van der Waals surface area contributed by atoms with Crippen LogP contribution in [0.3, 0.4) is 0 Å². The third-order valence-corrected chi connectivity index (χ3v) is 3.52. The lowest BCUT2D eigenvalue weighted by atomic mass is 10.1. The Bertz CT molecular complexity index is 685. The van der Waals surface area contributed by atoms with Crippen molar-refractivity contribution in [3.63, 3.8) is 0 Å². The second-order valence-electron chi connectivity index (χ2n) is 4.98. The average Bonchev–Trinajstić information content (AvgIpc) is 2.55. The minimum atomic E-state index is -1.02. The number of aromatic nitrogens is 3. The van der Waals surface area contributed by atoms with Crippen molar-refractivity contribution in [1.82, 2.24) is 15.0 Å². The second kappa shape index (κ2) is 6.07. The van der Waals surface area contributed by atoms with Gasteiger partial charge in [-0.05, 0) is 19.1 Å². The van der Waals surface area contributed by atoms with Crippen molar-refractivity contribution in [2.45, 2.75) is 6.92 Å². The van der Waals surface area contributed by atoms with Crippen LogP contribution < -0.4 is 4.90 Å². The van der Waals surface area contributed by atoms with Gasteiger partial charge in [-0.1, -0.05) is 0 Å². The normalized spacial score (nSPS) is 14.9. The molecule has 0 unspecified atom stereocenters. The molecule has 0 bridgehead atoms. The van der Waals surface area contributed by atoms with Crippen molar-refractivity contribution in [3.8, 4) is 11.4 Å². The highest BCUT2D eigenvalue weighted by Crippen LogP contribution is 2.25. The molecule has 1 saturated heterocycles. The maximum absolute atomic E-state index is 11.6. The molecule has 7 heteroatoms. The van der Waals surface area contributed by atoms with Crippen molar-refractivity contribution in [2.24, 2.45) is 0 Å². The van der Waals surface area contributed by atoms with Crippen LogP contribution in [0.4, 0.5) is 5.82 Å². The minimum Gasteiger partial charge on any atom is -0.477 e. The first-order chi connectivity index (χ1) is 10.7. The number of aryl methyl sites for hydroxylation is 1. The molecule has 2 aromatic heterocycles. The van der Waals surface area contributed by atoms with E-state index >= 15 is 0 Å². The molecule has 1 aliphatic rings. The first-order valence-electron chi connectivity index (χ1n) is 7.02. The number of nitrogens with zero attached hydrogens (tertiary/aromatic N) is 4. The van der Waals surface area contributed by atoms with Crippen molar-refractivity contribution in [1.29, 1.82) is 0 Å². The third-order valence-electron chi connectivity index (χ3n) is 3.52. The molecule has 2 aromatic rings. The first kappa shape index (κ1) is 14.4. The molecule has 3 rings (SSSR count). The highest BCUT2D eigenvalue weighted by atomic mass is 16.5. The summed E-state index contributed by atoms with van der Waals surface area (Å²) in [6.07, 6.45) is 3.34. The number of hydrogen-bond acceptors (Lipinski definition) is 6. The third kappa shape index (κ3) is 2.75. The van der Waals surface area contributed by atoms with E-state index in [1.54, 1.807) is 25.4 Å². The Morgan fingerprint density at radius 3 is 2.73 bits per heavy atom. The molecule has 1 aliphatic heterocycles. The summed E-state index contributed by atoms with van der Waals surface area (Å²) in [7, 11) is 0. The number of hydrogen-bond donors (Lipinski definition) is 1. The van der Waals surface area contributed by atoms with E-state index in [9.17, 15) is 9.90 Å². The summed E-state index contributed by atoms with van der Waals surface area (Å²) in [6.45, 7) is 4.04. The van der Waals surface area contributed by atoms with Crippen LogP contribution in [-0.2, 0) is 4.74 Å². The molecule has 0 aliphatic carbocycles. The van der Waals surface area contributed by atoms with Crippen molar-refractivity contribution < 1.29 is 14.6 Å². The van der Waals surface area contributed by atoms with Gasteiger partial charge in [-0.2, -0.15) is 0 Å². The van der Waals surface area contributed by atoms with Crippen LogP contribution >= 0.6 is 0 Å². The standard InChI is InChI=1S/C15H16N4O3/c1-10-12(15(20)21)14(19-5-7-22-8-6-19)18-13(17-10)11-3-2-4-16-9-11/h2-4,9H,5-8H2,1H3,(H,20,21). The lowest BCUT2D eigenvalue weighted by Gasteiger charge is -2.29. The molecule has 0 radical (unpaired) electrons. The molecule has 0 aromatic carbocycles. The van der Waals surface area contributed by atoms with Gasteiger partial charge in [0, 0.05) is 31.0 Å². The van der Waals surface area contributed by atoms with Crippen molar-refractivity contribution in [2.75, 3.05) is 31.2 Å². The van der Waals surface area contributed by atoms with Gasteiger partial charge < -0.3 is 14.7 Å². The molecule has 3 heterocycles. The maximum Gasteiger partial charge on any atom is 0.341 e. The molecular weight excluding hydrogens is 284 g/mol. The number of carboxylic acids is 1. The van der Waals surface area contributed by atoms with Crippen LogP contribution in [0.15, 0.2) is 24.5 Å². The number of aromatic carboxylic acids is 1. The van der Waals surface area contributed by atoms with E-state index in [0.717, 1.165) is 5.56 Å². The number of ether oxygens (including phenoxy) is 1. The molecular formula is C15H16N4O3. The van der Waals surface area contributed by atoms with Gasteiger partial charge >= 0.3 is 5.97 Å². The fourth-order valence-electron chi connectivity index (χ4n) is 2.44. The molecule has 7 nitrogen and oxygen atoms in total. The Balaban J connectivity index is 2.11. The molecule has 0 atom stereocenters. The molecule has 1 N–H and O–H groups in total. The smallest absolute Gasteiger partial charge is 0.341 e. The lowest BCUT2D eigenvalue weighted by Crippen LogP contribution is -2.38. The SMILES string of the molecule is Cc1nc(-c2cccnc2)nc(N2CCOCC2)c1C(=O)O. The zero-order valence-corrected chi connectivity index (χ0v) is 12.2. The van der Waals surface area contributed by atoms with Gasteiger partial charge in [0.15, 0.2) is 5.82 Å². The quantitative estimate of drug-likeness (QED) is 0.916. The number of rotatable bonds is 3. The number of carbonyl (C=O) groups is 1. The zero-order chi connectivity index (χ0) is 15.5. The summed E-state index contributed by atoms with van der Waals surface area (Å²) in [5, 5.41) is 9.49. The van der Waals surface area contributed by atoms with Gasteiger partial charge in [0.1, 0.15) is 11.4 Å². The Morgan fingerprint density at radius 1 is 1.32 bits per heavy atom. The van der Waals surface area contributed by atoms with E-state index in [4.69, 9.17) is 4.74 Å². The van der Waals surface area contributed by atoms with E-state index in [2.05, 4.69) is 15.0 Å². The predicted octanol–water partition coefficient (Wildman–Crippen LogP) is 1.38. The van der Waals surface area contributed by atoms with Crippen LogP contribution in [0.25, 0.3) is 11.4 Å². The Hall–Kier alpha value is -2.54. The molecule has 0 saturated carbocycles. The number of anilines is 1. The Morgan fingerprint density at radius 2 is 2.09 bits per heavy atom. The van der Waals surface area contributed by atoms with Gasteiger partial charge in [-0.25, -0.2) is 14.8 Å². The summed E-state index contributed by atoms with van der Waals surface area (Å²) >= 11 is 0.